The van der Waals surface area contributed by atoms with Crippen LogP contribution in [0.2, 0.25) is 0 Å². The highest BCUT2D eigenvalue weighted by Gasteiger charge is 2.01. The second kappa shape index (κ2) is 1.27. The van der Waals surface area contributed by atoms with Crippen LogP contribution in [0.4, 0.5) is 0 Å². The van der Waals surface area contributed by atoms with Crippen LogP contribution in [0.15, 0.2) is 0 Å². The molecule has 34 valence electrons. The summed E-state index contributed by atoms with van der Waals surface area (Å²) in [6.45, 7) is 0. The van der Waals surface area contributed by atoms with Crippen molar-refractivity contribution in [2.24, 2.45) is 17.2 Å². The predicted molar refractivity (Wildman–Crippen MR) is 24.1 cm³/mol. The van der Waals surface area contributed by atoms with Gasteiger partial charge in [0.15, 0.2) is 5.79 Å². The molecule has 0 saturated heterocycles. The van der Waals surface area contributed by atoms with E-state index >= 15 is 0 Å². The van der Waals surface area contributed by atoms with E-state index < -0.39 is 5.79 Å². The van der Waals surface area contributed by atoms with Crippen LogP contribution in [0.1, 0.15) is 0 Å². The summed E-state index contributed by atoms with van der Waals surface area (Å²) in [6, 6.07) is 0. The lowest BCUT2D eigenvalue weighted by Crippen LogP contribution is -2.56. The normalized spacial score (nSPS) is 10.3. The van der Waals surface area contributed by atoms with Crippen LogP contribution >= 0.6 is 0 Å². The molecule has 0 aromatic heterocycles. The molecule has 6 N–H and O–H groups in total. The standard InChI is InChI=1S/C3H7N3/c1-2-3(4,5)6/h1H,4-6H2. The lowest BCUT2D eigenvalue weighted by Gasteiger charge is -2.06. The number of nitrogens with two attached hydrogens (primary N) is 3. The van der Waals surface area contributed by atoms with Gasteiger partial charge in [-0.15, -0.1) is 6.42 Å². The van der Waals surface area contributed by atoms with Crippen molar-refractivity contribution in [3.8, 4) is 12.3 Å². The number of hydrogen-bond donors (Lipinski definition) is 3. The van der Waals surface area contributed by atoms with Crippen LogP contribution in [0.3, 0.4) is 0 Å². The minimum Gasteiger partial charge on any atom is -0.291 e. The third-order valence-corrected chi connectivity index (χ3v) is 0.250. The van der Waals surface area contributed by atoms with Gasteiger partial charge >= 0.3 is 0 Å². The van der Waals surface area contributed by atoms with Crippen LogP contribution in [-0.2, 0) is 0 Å². The molecule has 0 radical (unpaired) electrons. The highest BCUT2D eigenvalue weighted by atomic mass is 15.1. The smallest absolute Gasteiger partial charge is 0.180 e. The van der Waals surface area contributed by atoms with Crippen LogP contribution in [-0.4, -0.2) is 5.79 Å². The van der Waals surface area contributed by atoms with Crippen molar-refractivity contribution in [1.82, 2.24) is 0 Å². The van der Waals surface area contributed by atoms with Gasteiger partial charge in [0.05, 0.1) is 0 Å². The molecule has 3 heteroatoms. The maximum absolute atomic E-state index is 4.85. The first-order valence-corrected chi connectivity index (χ1v) is 1.40. The van der Waals surface area contributed by atoms with Gasteiger partial charge in [0, 0.05) is 0 Å². The second-order valence-electron chi connectivity index (χ2n) is 1.08. The molecule has 0 aromatic rings. The Kier molecular flexibility index (Phi) is 1.15. The fourth-order valence-electron chi connectivity index (χ4n) is 0. The number of rotatable bonds is 0. The Morgan fingerprint density at radius 2 is 1.50 bits per heavy atom. The molecule has 0 amide bonds. The van der Waals surface area contributed by atoms with E-state index in [1.165, 1.54) is 0 Å². The van der Waals surface area contributed by atoms with Gasteiger partial charge in [-0.05, 0) is 0 Å². The van der Waals surface area contributed by atoms with Crippen molar-refractivity contribution in [3.63, 3.8) is 0 Å². The highest BCUT2D eigenvalue weighted by Crippen LogP contribution is 1.63. The SMILES string of the molecule is C#CC(N)(N)N. The molecule has 0 aliphatic rings. The molecule has 0 unspecified atom stereocenters. The van der Waals surface area contributed by atoms with Crippen LogP contribution < -0.4 is 17.2 Å². The molecule has 3 nitrogen and oxygen atoms in total. The van der Waals surface area contributed by atoms with Crippen molar-refractivity contribution in [1.29, 1.82) is 0 Å². The van der Waals surface area contributed by atoms with E-state index in [2.05, 4.69) is 6.42 Å². The average Bonchev–Trinajstić information content (AvgIpc) is 1.35. The van der Waals surface area contributed by atoms with Crippen LogP contribution in [0.5, 0.6) is 0 Å². The summed E-state index contributed by atoms with van der Waals surface area (Å²) in [4.78, 5) is 0. The van der Waals surface area contributed by atoms with Gasteiger partial charge < -0.3 is 0 Å². The number of hydrogen-bond acceptors (Lipinski definition) is 3. The van der Waals surface area contributed by atoms with Crippen molar-refractivity contribution >= 4 is 0 Å². The van der Waals surface area contributed by atoms with Gasteiger partial charge in [-0.25, -0.2) is 0 Å². The molecule has 0 spiro atoms. The summed E-state index contributed by atoms with van der Waals surface area (Å²) in [5.74, 6) is 0.507. The average molecular weight is 85.1 g/mol. The molecular weight excluding hydrogens is 78.1 g/mol. The Labute approximate surface area is 36.5 Å². The first-order valence-electron chi connectivity index (χ1n) is 1.40. The summed E-state index contributed by atoms with van der Waals surface area (Å²) in [5, 5.41) is 0. The zero-order valence-corrected chi connectivity index (χ0v) is 3.31. The summed E-state index contributed by atoms with van der Waals surface area (Å²) >= 11 is 0. The van der Waals surface area contributed by atoms with E-state index in [0.29, 0.717) is 0 Å². The fourth-order valence-corrected chi connectivity index (χ4v) is 0. The third kappa shape index (κ3) is 3.44. The maximum atomic E-state index is 4.85. The van der Waals surface area contributed by atoms with E-state index in [4.69, 9.17) is 17.2 Å². The maximum Gasteiger partial charge on any atom is 0.180 e. The Hall–Kier alpha value is -0.560. The lowest BCUT2D eigenvalue weighted by molar-refractivity contribution is 0.607. The monoisotopic (exact) mass is 85.1 g/mol. The summed E-state index contributed by atoms with van der Waals surface area (Å²) in [5.41, 5.74) is 14.6. The van der Waals surface area contributed by atoms with E-state index in [1.54, 1.807) is 0 Å². The van der Waals surface area contributed by atoms with Crippen molar-refractivity contribution in [2.75, 3.05) is 0 Å². The van der Waals surface area contributed by atoms with Gasteiger partial charge in [0.1, 0.15) is 0 Å². The van der Waals surface area contributed by atoms with Crippen molar-refractivity contribution < 1.29 is 0 Å². The summed E-state index contributed by atoms with van der Waals surface area (Å²) in [6.07, 6.45) is 4.68. The molecule has 0 fully saturated rings. The van der Waals surface area contributed by atoms with E-state index in [0.717, 1.165) is 0 Å². The highest BCUT2D eigenvalue weighted by molar-refractivity contribution is 5.02. The molecule has 6 heavy (non-hydrogen) atoms. The molecule has 0 aromatic carbocycles. The van der Waals surface area contributed by atoms with Crippen LogP contribution in [0, 0.1) is 12.3 Å². The Balaban J connectivity index is 3.55. The molecule has 0 rings (SSSR count). The Bertz CT molecular complexity index is 73.0. The van der Waals surface area contributed by atoms with Gasteiger partial charge in [-0.1, -0.05) is 5.92 Å². The molecule has 0 saturated carbocycles. The summed E-state index contributed by atoms with van der Waals surface area (Å²) < 4.78 is 0. The zero-order chi connectivity index (χ0) is 5.21. The lowest BCUT2D eigenvalue weighted by atomic mass is 10.4. The molecular formula is C3H7N3. The zero-order valence-electron chi connectivity index (χ0n) is 3.31. The molecule has 0 atom stereocenters. The minimum absolute atomic E-state index is 1.43. The fraction of sp³-hybridized carbons (Fsp3) is 0.333. The first kappa shape index (κ1) is 5.44. The van der Waals surface area contributed by atoms with Gasteiger partial charge in [0.2, 0.25) is 0 Å². The Morgan fingerprint density at radius 3 is 1.50 bits per heavy atom. The Morgan fingerprint density at radius 1 is 1.33 bits per heavy atom. The first-order chi connectivity index (χ1) is 2.56. The molecule has 0 heterocycles. The van der Waals surface area contributed by atoms with E-state index in [1.807, 2.05) is 5.92 Å². The van der Waals surface area contributed by atoms with Gasteiger partial charge in [-0.3, -0.25) is 17.2 Å². The van der Waals surface area contributed by atoms with E-state index in [-0.39, 0.29) is 0 Å². The van der Waals surface area contributed by atoms with E-state index in [9.17, 15) is 0 Å². The van der Waals surface area contributed by atoms with Gasteiger partial charge in [0.25, 0.3) is 0 Å². The minimum atomic E-state index is -1.43. The molecule has 0 aliphatic carbocycles. The third-order valence-electron chi connectivity index (χ3n) is 0.250. The molecule has 0 bridgehead atoms. The largest absolute Gasteiger partial charge is 0.291 e. The van der Waals surface area contributed by atoms with Crippen LogP contribution in [0.25, 0.3) is 0 Å². The molecule has 0 aliphatic heterocycles. The quantitative estimate of drug-likeness (QED) is 0.238. The number of terminal acetylenes is 1. The van der Waals surface area contributed by atoms with Gasteiger partial charge in [-0.2, -0.15) is 0 Å². The summed E-state index contributed by atoms with van der Waals surface area (Å²) in [7, 11) is 0. The van der Waals surface area contributed by atoms with Crippen molar-refractivity contribution in [3.05, 3.63) is 0 Å². The van der Waals surface area contributed by atoms with Crippen molar-refractivity contribution in [2.45, 2.75) is 5.79 Å². The second-order valence-corrected chi connectivity index (χ2v) is 1.08. The predicted octanol–water partition coefficient (Wildman–Crippen LogP) is -1.85. The topological polar surface area (TPSA) is 78.1 Å².